The van der Waals surface area contributed by atoms with Gasteiger partial charge in [-0.3, -0.25) is 0 Å². The second-order valence-corrected chi connectivity index (χ2v) is 3.34. The van der Waals surface area contributed by atoms with Crippen molar-refractivity contribution >= 4 is 0 Å². The van der Waals surface area contributed by atoms with Gasteiger partial charge < -0.3 is 15.9 Å². The molecule has 1 aliphatic rings. The van der Waals surface area contributed by atoms with E-state index in [1.807, 2.05) is 0 Å². The van der Waals surface area contributed by atoms with Crippen LogP contribution in [0.5, 0.6) is 0 Å². The quantitative estimate of drug-likeness (QED) is 0.537. The fourth-order valence-corrected chi connectivity index (χ4v) is 1.75. The van der Waals surface area contributed by atoms with E-state index in [4.69, 9.17) is 5.73 Å². The lowest BCUT2D eigenvalue weighted by Crippen LogP contribution is -2.37. The predicted octanol–water partition coefficient (Wildman–Crippen LogP) is -0.143. The molecule has 0 aromatic carbocycles. The van der Waals surface area contributed by atoms with Crippen LogP contribution in [0, 0.1) is 5.92 Å². The van der Waals surface area contributed by atoms with Crippen LogP contribution in [0.15, 0.2) is 0 Å². The van der Waals surface area contributed by atoms with Gasteiger partial charge in [0.25, 0.3) is 0 Å². The fourth-order valence-electron chi connectivity index (χ4n) is 1.75. The molecule has 66 valence electrons. The van der Waals surface area contributed by atoms with Gasteiger partial charge in [-0.2, -0.15) is 0 Å². The van der Waals surface area contributed by atoms with Crippen molar-refractivity contribution in [2.24, 2.45) is 11.7 Å². The highest BCUT2D eigenvalue weighted by Crippen LogP contribution is 2.28. The van der Waals surface area contributed by atoms with E-state index in [0.717, 1.165) is 12.8 Å². The van der Waals surface area contributed by atoms with Crippen LogP contribution in [0.2, 0.25) is 0 Å². The zero-order chi connectivity index (χ0) is 8.27. The summed E-state index contributed by atoms with van der Waals surface area (Å²) in [7, 11) is 0. The summed E-state index contributed by atoms with van der Waals surface area (Å²) in [6.07, 6.45) is 3.12. The van der Waals surface area contributed by atoms with Crippen LogP contribution in [0.25, 0.3) is 0 Å². The lowest BCUT2D eigenvalue weighted by atomic mass is 9.96. The molecule has 1 saturated carbocycles. The third-order valence-corrected chi connectivity index (χ3v) is 2.52. The van der Waals surface area contributed by atoms with Gasteiger partial charge in [0.15, 0.2) is 0 Å². The molecule has 3 heteroatoms. The fraction of sp³-hybridized carbons (Fsp3) is 1.00. The molecule has 1 rings (SSSR count). The highest BCUT2D eigenvalue weighted by Gasteiger charge is 2.27. The zero-order valence-electron chi connectivity index (χ0n) is 6.74. The largest absolute Gasteiger partial charge is 0.390 e. The molecule has 11 heavy (non-hydrogen) atoms. The number of rotatable bonds is 3. The molecule has 2 unspecified atom stereocenters. The van der Waals surface area contributed by atoms with Crippen molar-refractivity contribution in [3.05, 3.63) is 0 Å². The van der Waals surface area contributed by atoms with Crippen molar-refractivity contribution in [3.63, 3.8) is 0 Å². The second-order valence-electron chi connectivity index (χ2n) is 3.34. The maximum atomic E-state index is 9.49. The Balaban J connectivity index is 2.32. The van der Waals surface area contributed by atoms with Crippen LogP contribution in [-0.2, 0) is 0 Å². The summed E-state index contributed by atoms with van der Waals surface area (Å²) in [6, 6.07) is 0. The standard InChI is InChI=1S/C8H17NO2/c9-5-7(10)8(11)6-3-1-2-4-6/h6-8,10-11H,1-5,9H2. The first-order chi connectivity index (χ1) is 5.25. The minimum atomic E-state index is -0.724. The minimum Gasteiger partial charge on any atom is -0.390 e. The Hall–Kier alpha value is -0.120. The van der Waals surface area contributed by atoms with Gasteiger partial charge in [0.1, 0.15) is 0 Å². The van der Waals surface area contributed by atoms with Crippen molar-refractivity contribution < 1.29 is 10.2 Å². The van der Waals surface area contributed by atoms with E-state index < -0.39 is 12.2 Å². The first-order valence-electron chi connectivity index (χ1n) is 4.32. The molecule has 0 heterocycles. The number of nitrogens with two attached hydrogens (primary N) is 1. The van der Waals surface area contributed by atoms with E-state index in [1.165, 1.54) is 12.8 Å². The van der Waals surface area contributed by atoms with E-state index in [1.54, 1.807) is 0 Å². The minimum absolute atomic E-state index is 0.164. The van der Waals surface area contributed by atoms with Crippen molar-refractivity contribution in [2.45, 2.75) is 37.9 Å². The van der Waals surface area contributed by atoms with Crippen molar-refractivity contribution in [2.75, 3.05) is 6.54 Å². The third-order valence-electron chi connectivity index (χ3n) is 2.52. The summed E-state index contributed by atoms with van der Waals surface area (Å²) in [5.41, 5.74) is 5.23. The third kappa shape index (κ3) is 2.15. The van der Waals surface area contributed by atoms with E-state index in [0.29, 0.717) is 0 Å². The molecule has 0 amide bonds. The Morgan fingerprint density at radius 1 is 1.27 bits per heavy atom. The molecule has 4 N–H and O–H groups in total. The Bertz CT molecular complexity index is 113. The second kappa shape index (κ2) is 4.04. The van der Waals surface area contributed by atoms with E-state index in [-0.39, 0.29) is 12.5 Å². The first kappa shape index (κ1) is 8.97. The van der Waals surface area contributed by atoms with Gasteiger partial charge in [0.05, 0.1) is 12.2 Å². The van der Waals surface area contributed by atoms with Crippen LogP contribution in [0.1, 0.15) is 25.7 Å². The molecule has 0 aliphatic heterocycles. The SMILES string of the molecule is NCC(O)C(O)C1CCCC1. The van der Waals surface area contributed by atoms with Gasteiger partial charge >= 0.3 is 0 Å². The van der Waals surface area contributed by atoms with Crippen LogP contribution in [0.4, 0.5) is 0 Å². The smallest absolute Gasteiger partial charge is 0.0923 e. The topological polar surface area (TPSA) is 66.5 Å². The number of hydrogen-bond acceptors (Lipinski definition) is 3. The molecule has 0 bridgehead atoms. The number of aliphatic hydroxyl groups is 2. The summed E-state index contributed by atoms with van der Waals surface area (Å²) in [5, 5.41) is 18.7. The molecule has 1 aliphatic carbocycles. The maximum absolute atomic E-state index is 9.49. The van der Waals surface area contributed by atoms with Gasteiger partial charge in [-0.05, 0) is 18.8 Å². The van der Waals surface area contributed by atoms with E-state index in [9.17, 15) is 10.2 Å². The van der Waals surface area contributed by atoms with Crippen molar-refractivity contribution in [1.29, 1.82) is 0 Å². The number of aliphatic hydroxyl groups excluding tert-OH is 2. The Morgan fingerprint density at radius 3 is 2.27 bits per heavy atom. The summed E-state index contributed by atoms with van der Waals surface area (Å²) in [4.78, 5) is 0. The predicted molar refractivity (Wildman–Crippen MR) is 43.0 cm³/mol. The Kier molecular flexibility index (Phi) is 3.30. The van der Waals surface area contributed by atoms with Gasteiger partial charge in [-0.25, -0.2) is 0 Å². The molecule has 0 aromatic rings. The van der Waals surface area contributed by atoms with Crippen molar-refractivity contribution in [3.8, 4) is 0 Å². The van der Waals surface area contributed by atoms with E-state index in [2.05, 4.69) is 0 Å². The average molecular weight is 159 g/mol. The molecule has 0 spiro atoms. The Labute approximate surface area is 67.2 Å². The van der Waals surface area contributed by atoms with Gasteiger partial charge in [-0.15, -0.1) is 0 Å². The average Bonchev–Trinajstić information content (AvgIpc) is 2.53. The highest BCUT2D eigenvalue weighted by atomic mass is 16.3. The zero-order valence-corrected chi connectivity index (χ0v) is 6.74. The Morgan fingerprint density at radius 2 is 1.82 bits per heavy atom. The van der Waals surface area contributed by atoms with Gasteiger partial charge in [-0.1, -0.05) is 12.8 Å². The normalized spacial score (nSPS) is 25.4. The molecule has 1 fully saturated rings. The number of hydrogen-bond donors (Lipinski definition) is 3. The summed E-state index contributed by atoms with van der Waals surface area (Å²) >= 11 is 0. The van der Waals surface area contributed by atoms with Crippen LogP contribution >= 0.6 is 0 Å². The highest BCUT2D eigenvalue weighted by molar-refractivity contribution is 4.79. The van der Waals surface area contributed by atoms with Gasteiger partial charge in [0, 0.05) is 6.54 Å². The molecule has 0 saturated heterocycles. The van der Waals surface area contributed by atoms with Crippen LogP contribution in [-0.4, -0.2) is 29.0 Å². The first-order valence-corrected chi connectivity index (χ1v) is 4.32. The molecular formula is C8H17NO2. The molecule has 0 radical (unpaired) electrons. The summed E-state index contributed by atoms with van der Waals surface area (Å²) in [5.74, 6) is 0.286. The molecule has 2 atom stereocenters. The monoisotopic (exact) mass is 159 g/mol. The molecule has 0 aromatic heterocycles. The lowest BCUT2D eigenvalue weighted by Gasteiger charge is -2.21. The summed E-state index contributed by atoms with van der Waals surface area (Å²) < 4.78 is 0. The lowest BCUT2D eigenvalue weighted by molar-refractivity contribution is -0.0103. The molecular weight excluding hydrogens is 142 g/mol. The van der Waals surface area contributed by atoms with Crippen LogP contribution < -0.4 is 5.73 Å². The molecule has 3 nitrogen and oxygen atoms in total. The van der Waals surface area contributed by atoms with Crippen molar-refractivity contribution in [1.82, 2.24) is 0 Å². The maximum Gasteiger partial charge on any atom is 0.0923 e. The van der Waals surface area contributed by atoms with Crippen LogP contribution in [0.3, 0.4) is 0 Å². The van der Waals surface area contributed by atoms with Gasteiger partial charge in [0.2, 0.25) is 0 Å². The van der Waals surface area contributed by atoms with E-state index >= 15 is 0 Å². The summed E-state index contributed by atoms with van der Waals surface area (Å²) in [6.45, 7) is 0.164.